The van der Waals surface area contributed by atoms with Crippen molar-refractivity contribution in [2.45, 2.75) is 32.9 Å². The van der Waals surface area contributed by atoms with Crippen LogP contribution in [0.15, 0.2) is 41.2 Å². The number of hydrogen-bond donors (Lipinski definition) is 1. The van der Waals surface area contributed by atoms with Crippen molar-refractivity contribution in [3.05, 3.63) is 61.7 Å². The molecule has 0 spiro atoms. The van der Waals surface area contributed by atoms with Gasteiger partial charge in [0, 0.05) is 24.7 Å². The van der Waals surface area contributed by atoms with E-state index in [0.29, 0.717) is 16.6 Å². The van der Waals surface area contributed by atoms with Crippen LogP contribution in [0.25, 0.3) is 10.2 Å². The zero-order valence-electron chi connectivity index (χ0n) is 16.7. The molecule has 8 heteroatoms. The molecule has 0 radical (unpaired) electrons. The fraction of sp³-hybridized carbons (Fsp3) is 0.364. The lowest BCUT2D eigenvalue weighted by Gasteiger charge is -2.31. The summed E-state index contributed by atoms with van der Waals surface area (Å²) >= 11 is 13.3. The minimum Gasteiger partial charge on any atom is -0.326 e. The number of fused-ring (bicyclic) bond motifs is 1. The summed E-state index contributed by atoms with van der Waals surface area (Å²) < 4.78 is 2.64. The van der Waals surface area contributed by atoms with Crippen molar-refractivity contribution in [2.24, 2.45) is 5.92 Å². The van der Waals surface area contributed by atoms with E-state index in [4.69, 9.17) is 23.2 Å². The van der Waals surface area contributed by atoms with E-state index in [9.17, 15) is 9.59 Å². The molecule has 3 aromatic rings. The van der Waals surface area contributed by atoms with Gasteiger partial charge in [0.2, 0.25) is 5.91 Å². The fourth-order valence-electron chi connectivity index (χ4n) is 3.94. The molecule has 1 aromatic heterocycles. The molecule has 5 nitrogen and oxygen atoms in total. The average Bonchev–Trinajstić information content (AvgIpc) is 3.05. The van der Waals surface area contributed by atoms with Gasteiger partial charge in [-0.3, -0.25) is 19.1 Å². The van der Waals surface area contributed by atoms with Gasteiger partial charge in [0.05, 0.1) is 20.3 Å². The summed E-state index contributed by atoms with van der Waals surface area (Å²) in [5.74, 6) is 0.0375. The van der Waals surface area contributed by atoms with Crippen LogP contribution >= 0.6 is 34.5 Å². The average molecular weight is 464 g/mol. The number of carbonyl (C=O) groups is 1. The number of aryl methyl sites for hydroxylation is 1. The molecule has 30 heavy (non-hydrogen) atoms. The molecule has 0 aliphatic carbocycles. The number of rotatable bonds is 5. The maximum Gasteiger partial charge on any atom is 0.308 e. The number of carbonyl (C=O) groups excluding carboxylic acids is 1. The zero-order valence-corrected chi connectivity index (χ0v) is 19.0. The van der Waals surface area contributed by atoms with Gasteiger partial charge in [-0.15, -0.1) is 0 Å². The third-order valence-electron chi connectivity index (χ3n) is 5.60. The van der Waals surface area contributed by atoms with Gasteiger partial charge in [-0.05, 0) is 68.8 Å². The Balaban J connectivity index is 1.34. The van der Waals surface area contributed by atoms with Crippen LogP contribution in [0.5, 0.6) is 0 Å². The highest BCUT2D eigenvalue weighted by atomic mass is 35.5. The van der Waals surface area contributed by atoms with Gasteiger partial charge in [-0.2, -0.15) is 0 Å². The summed E-state index contributed by atoms with van der Waals surface area (Å²) in [7, 11) is 0. The predicted molar refractivity (Wildman–Crippen MR) is 125 cm³/mol. The first-order valence-electron chi connectivity index (χ1n) is 10.0. The molecule has 2 heterocycles. The van der Waals surface area contributed by atoms with Crippen molar-refractivity contribution < 1.29 is 4.79 Å². The molecular formula is C22H23Cl2N3O2S. The second-order valence-corrected chi connectivity index (χ2v) is 9.39. The molecule has 1 N–H and O–H groups in total. The molecule has 0 saturated carbocycles. The van der Waals surface area contributed by atoms with Crippen molar-refractivity contribution in [2.75, 3.05) is 18.4 Å². The van der Waals surface area contributed by atoms with Crippen molar-refractivity contribution in [1.29, 1.82) is 0 Å². The third kappa shape index (κ3) is 4.57. The van der Waals surface area contributed by atoms with E-state index < -0.39 is 0 Å². The first-order valence-corrected chi connectivity index (χ1v) is 11.6. The maximum absolute atomic E-state index is 12.8. The molecule has 0 atom stereocenters. The number of nitrogens with zero attached hydrogens (tertiary/aromatic N) is 2. The van der Waals surface area contributed by atoms with Crippen molar-refractivity contribution in [3.63, 3.8) is 0 Å². The van der Waals surface area contributed by atoms with Gasteiger partial charge in [0.1, 0.15) is 0 Å². The lowest BCUT2D eigenvalue weighted by atomic mass is 9.95. The Bertz CT molecular complexity index is 1130. The van der Waals surface area contributed by atoms with Gasteiger partial charge < -0.3 is 5.32 Å². The third-order valence-corrected chi connectivity index (χ3v) is 7.28. The first kappa shape index (κ1) is 21.4. The number of anilines is 1. The Morgan fingerprint density at radius 3 is 2.60 bits per heavy atom. The number of benzene rings is 2. The van der Waals surface area contributed by atoms with Gasteiger partial charge in [0.15, 0.2) is 0 Å². The summed E-state index contributed by atoms with van der Waals surface area (Å²) in [6.07, 6.45) is 1.63. The van der Waals surface area contributed by atoms with Crippen LogP contribution in [0.3, 0.4) is 0 Å². The normalized spacial score (nSPS) is 15.6. The minimum atomic E-state index is -0.00950. The van der Waals surface area contributed by atoms with E-state index >= 15 is 0 Å². The second kappa shape index (κ2) is 9.10. The van der Waals surface area contributed by atoms with Gasteiger partial charge in [-0.1, -0.05) is 40.6 Å². The molecule has 0 bridgehead atoms. The van der Waals surface area contributed by atoms with Crippen molar-refractivity contribution in [3.8, 4) is 0 Å². The first-order chi connectivity index (χ1) is 14.4. The Morgan fingerprint density at radius 1 is 1.13 bits per heavy atom. The number of thiazole rings is 1. The quantitative estimate of drug-likeness (QED) is 0.562. The second-order valence-electron chi connectivity index (χ2n) is 7.58. The van der Waals surface area contributed by atoms with Gasteiger partial charge in [0.25, 0.3) is 0 Å². The molecule has 1 saturated heterocycles. The van der Waals surface area contributed by atoms with Gasteiger partial charge in [-0.25, -0.2) is 0 Å². The van der Waals surface area contributed by atoms with E-state index in [1.807, 2.05) is 43.3 Å². The maximum atomic E-state index is 12.8. The Kier molecular flexibility index (Phi) is 6.48. The molecule has 1 fully saturated rings. The van der Waals surface area contributed by atoms with Crippen LogP contribution < -0.4 is 10.2 Å². The SMILES string of the molecule is CCn1c(=O)sc2cc(NC(=O)C3CCN(Cc4ccc(Cl)c(Cl)c4)CC3)ccc21. The smallest absolute Gasteiger partial charge is 0.308 e. The van der Waals surface area contributed by atoms with E-state index in [0.717, 1.165) is 53.9 Å². The Morgan fingerprint density at radius 2 is 1.90 bits per heavy atom. The number of likely N-dealkylation sites (tertiary alicyclic amines) is 1. The molecule has 0 unspecified atom stereocenters. The van der Waals surface area contributed by atoms with Crippen LogP contribution in [0.2, 0.25) is 10.0 Å². The Hall–Kier alpha value is -1.86. The summed E-state index contributed by atoms with van der Waals surface area (Å²) in [6.45, 7) is 5.12. The molecule has 1 amide bonds. The summed E-state index contributed by atoms with van der Waals surface area (Å²) in [5.41, 5.74) is 2.79. The lowest BCUT2D eigenvalue weighted by molar-refractivity contribution is -0.121. The summed E-state index contributed by atoms with van der Waals surface area (Å²) in [5, 5.41) is 4.17. The molecule has 4 rings (SSSR count). The van der Waals surface area contributed by atoms with Gasteiger partial charge >= 0.3 is 4.87 Å². The Labute approximate surface area is 189 Å². The van der Waals surface area contributed by atoms with E-state index in [1.54, 1.807) is 4.57 Å². The monoisotopic (exact) mass is 463 g/mol. The predicted octanol–water partition coefficient (Wildman–Crippen LogP) is 5.24. The van der Waals surface area contributed by atoms with E-state index in [1.165, 1.54) is 11.3 Å². The highest BCUT2D eigenvalue weighted by Gasteiger charge is 2.25. The summed E-state index contributed by atoms with van der Waals surface area (Å²) in [6, 6.07) is 11.4. The molecule has 2 aromatic carbocycles. The largest absolute Gasteiger partial charge is 0.326 e. The van der Waals surface area contributed by atoms with Crippen LogP contribution in [-0.2, 0) is 17.9 Å². The van der Waals surface area contributed by atoms with Crippen LogP contribution in [0.1, 0.15) is 25.3 Å². The number of halogens is 2. The van der Waals surface area contributed by atoms with Crippen LogP contribution in [0, 0.1) is 5.92 Å². The van der Waals surface area contributed by atoms with Crippen molar-refractivity contribution in [1.82, 2.24) is 9.47 Å². The van der Waals surface area contributed by atoms with Crippen LogP contribution in [0.4, 0.5) is 5.69 Å². The number of aromatic nitrogens is 1. The molecule has 1 aliphatic rings. The minimum absolute atomic E-state index is 0.00950. The van der Waals surface area contributed by atoms with Crippen molar-refractivity contribution >= 4 is 56.3 Å². The lowest BCUT2D eigenvalue weighted by Crippen LogP contribution is -2.37. The zero-order chi connectivity index (χ0) is 21.3. The number of hydrogen-bond acceptors (Lipinski definition) is 4. The molecule has 158 valence electrons. The highest BCUT2D eigenvalue weighted by molar-refractivity contribution is 7.16. The van der Waals surface area contributed by atoms with Crippen LogP contribution in [-0.4, -0.2) is 28.5 Å². The standard InChI is InChI=1S/C22H23Cl2N3O2S/c1-2-27-19-6-4-16(12-20(19)30-22(27)29)25-21(28)15-7-9-26(10-8-15)13-14-3-5-17(23)18(24)11-14/h3-6,11-12,15H,2,7-10,13H2,1H3,(H,25,28). The topological polar surface area (TPSA) is 54.3 Å². The van der Waals surface area contributed by atoms with E-state index in [2.05, 4.69) is 10.2 Å². The number of nitrogens with one attached hydrogen (secondary N) is 1. The molecule has 1 aliphatic heterocycles. The fourth-order valence-corrected chi connectivity index (χ4v) is 5.25. The van der Waals surface area contributed by atoms with E-state index in [-0.39, 0.29) is 16.7 Å². The number of piperidine rings is 1. The summed E-state index contributed by atoms with van der Waals surface area (Å²) in [4.78, 5) is 27.1. The number of amides is 1. The highest BCUT2D eigenvalue weighted by Crippen LogP contribution is 2.26. The molecular weight excluding hydrogens is 441 g/mol.